The minimum absolute atomic E-state index is 0.0641. The van der Waals surface area contributed by atoms with Crippen LogP contribution in [-0.2, 0) is 38.1 Å². The number of carbonyl (C=O) groups is 3. The third-order valence-electron chi connectivity index (χ3n) is 4.45. The van der Waals surface area contributed by atoms with E-state index in [2.05, 4.69) is 14.2 Å². The second-order valence-electron chi connectivity index (χ2n) is 5.59. The van der Waals surface area contributed by atoms with Gasteiger partial charge in [0.05, 0.1) is 21.3 Å². The molecule has 0 aromatic carbocycles. The van der Waals surface area contributed by atoms with Crippen molar-refractivity contribution in [1.29, 1.82) is 0 Å². The molecule has 0 saturated carbocycles. The molecule has 0 aromatic rings. The molecular weight excluding hydrogens is 328 g/mol. The Hall–Kier alpha value is -1.75. The van der Waals surface area contributed by atoms with Gasteiger partial charge in [-0.25, -0.2) is 14.4 Å². The zero-order chi connectivity index (χ0) is 18.2. The Morgan fingerprint density at radius 3 is 2.21 bits per heavy atom. The fraction of sp³-hybridized carbons (Fsp3) is 0.786. The van der Waals surface area contributed by atoms with Crippen LogP contribution in [-0.4, -0.2) is 79.2 Å². The molecule has 0 radical (unpaired) electrons. The molecule has 0 amide bonds. The molecule has 2 fully saturated rings. The van der Waals surface area contributed by atoms with Crippen LogP contribution in [0, 0.1) is 0 Å². The van der Waals surface area contributed by atoms with Gasteiger partial charge in [0.1, 0.15) is 0 Å². The molecule has 2 bridgehead atoms. The summed E-state index contributed by atoms with van der Waals surface area (Å²) in [4.78, 5) is 36.9. The number of aliphatic hydroxyl groups is 2. The second-order valence-corrected chi connectivity index (χ2v) is 5.59. The first kappa shape index (κ1) is 18.6. The van der Waals surface area contributed by atoms with Crippen molar-refractivity contribution >= 4 is 17.9 Å². The first-order valence-corrected chi connectivity index (χ1v) is 7.23. The van der Waals surface area contributed by atoms with Gasteiger partial charge in [-0.15, -0.1) is 0 Å². The third kappa shape index (κ3) is 2.29. The van der Waals surface area contributed by atoms with E-state index in [1.165, 1.54) is 0 Å². The maximum atomic E-state index is 12.5. The van der Waals surface area contributed by atoms with Crippen LogP contribution in [0.4, 0.5) is 0 Å². The van der Waals surface area contributed by atoms with Crippen LogP contribution in [0.3, 0.4) is 0 Å². The zero-order valence-electron chi connectivity index (χ0n) is 13.6. The Balaban J connectivity index is 2.65. The van der Waals surface area contributed by atoms with Crippen molar-refractivity contribution in [3.8, 4) is 0 Å². The first-order valence-electron chi connectivity index (χ1n) is 7.23. The molecule has 136 valence electrons. The largest absolute Gasteiger partial charge is 0.467 e. The van der Waals surface area contributed by atoms with Gasteiger partial charge in [0.25, 0.3) is 0 Å². The van der Waals surface area contributed by atoms with Gasteiger partial charge in [-0.1, -0.05) is 0 Å². The number of rotatable bonds is 5. The van der Waals surface area contributed by atoms with Crippen LogP contribution >= 0.6 is 0 Å². The molecule has 2 N–H and O–H groups in total. The molecule has 2 saturated heterocycles. The maximum absolute atomic E-state index is 12.5. The van der Waals surface area contributed by atoms with Crippen LogP contribution in [0.1, 0.15) is 19.3 Å². The topological polar surface area (TPSA) is 138 Å². The number of hydrogen-bond donors (Lipinski definition) is 2. The lowest BCUT2D eigenvalue weighted by molar-refractivity contribution is -0.274. The fourth-order valence-electron chi connectivity index (χ4n) is 3.26. The number of hydrogen-bond acceptors (Lipinski definition) is 10. The molecule has 0 aliphatic carbocycles. The van der Waals surface area contributed by atoms with Crippen molar-refractivity contribution in [1.82, 2.24) is 0 Å². The number of esters is 3. The van der Waals surface area contributed by atoms with Gasteiger partial charge in [0.15, 0.2) is 5.79 Å². The Bertz CT molecular complexity index is 548. The van der Waals surface area contributed by atoms with Crippen LogP contribution in [0.2, 0.25) is 0 Å². The monoisotopic (exact) mass is 348 g/mol. The first-order chi connectivity index (χ1) is 11.3. The quantitative estimate of drug-likeness (QED) is 0.435. The number of carbonyl (C=O) groups excluding carboxylic acids is 3. The highest BCUT2D eigenvalue weighted by atomic mass is 16.8. The van der Waals surface area contributed by atoms with Gasteiger partial charge in [0, 0.05) is 19.4 Å². The van der Waals surface area contributed by atoms with Crippen molar-refractivity contribution in [2.45, 2.75) is 42.4 Å². The van der Waals surface area contributed by atoms with E-state index in [0.29, 0.717) is 0 Å². The summed E-state index contributed by atoms with van der Waals surface area (Å²) in [6, 6.07) is 0. The van der Waals surface area contributed by atoms with Crippen molar-refractivity contribution in [3.63, 3.8) is 0 Å². The number of aliphatic hydroxyl groups excluding tert-OH is 1. The lowest BCUT2D eigenvalue weighted by Crippen LogP contribution is -2.72. The minimum Gasteiger partial charge on any atom is -0.467 e. The highest BCUT2D eigenvalue weighted by Crippen LogP contribution is 2.54. The maximum Gasteiger partial charge on any atom is 0.345 e. The Labute approximate surface area is 137 Å². The summed E-state index contributed by atoms with van der Waals surface area (Å²) in [7, 11) is 3.08. The predicted octanol–water partition coefficient (Wildman–Crippen LogP) is -1.74. The van der Waals surface area contributed by atoms with E-state index in [-0.39, 0.29) is 25.9 Å². The number of ether oxygens (including phenoxy) is 5. The van der Waals surface area contributed by atoms with E-state index in [0.717, 1.165) is 21.3 Å². The molecule has 2 aliphatic rings. The molecule has 10 heteroatoms. The number of fused-ring (bicyclic) bond motifs is 2. The summed E-state index contributed by atoms with van der Waals surface area (Å²) in [5.41, 5.74) is -5.03. The van der Waals surface area contributed by atoms with Gasteiger partial charge < -0.3 is 33.9 Å². The van der Waals surface area contributed by atoms with E-state index in [1.54, 1.807) is 0 Å². The van der Waals surface area contributed by atoms with Crippen molar-refractivity contribution in [3.05, 3.63) is 0 Å². The molecule has 10 nitrogen and oxygen atoms in total. The molecule has 4 atom stereocenters. The van der Waals surface area contributed by atoms with Crippen molar-refractivity contribution in [2.75, 3.05) is 27.9 Å². The predicted molar refractivity (Wildman–Crippen MR) is 73.4 cm³/mol. The van der Waals surface area contributed by atoms with E-state index in [9.17, 15) is 24.6 Å². The van der Waals surface area contributed by atoms with Gasteiger partial charge >= 0.3 is 17.9 Å². The van der Waals surface area contributed by atoms with E-state index in [1.807, 2.05) is 0 Å². The molecule has 4 unspecified atom stereocenters. The zero-order valence-corrected chi connectivity index (χ0v) is 13.6. The molecule has 0 spiro atoms. The third-order valence-corrected chi connectivity index (χ3v) is 4.45. The standard InChI is InChI=1S/C14H20O10/c1-20-9(16)8-14(11(18)22-3)13(19,10(17)21-2)5-4-12(23-8,24-14)6-7-15/h8,15,19H,4-7H2,1-3H3. The van der Waals surface area contributed by atoms with Gasteiger partial charge in [-0.3, -0.25) is 0 Å². The summed E-state index contributed by atoms with van der Waals surface area (Å²) in [5, 5.41) is 20.2. The van der Waals surface area contributed by atoms with Gasteiger partial charge in [-0.05, 0) is 6.42 Å². The molecule has 2 rings (SSSR count). The Morgan fingerprint density at radius 1 is 1.08 bits per heavy atom. The van der Waals surface area contributed by atoms with Crippen LogP contribution in [0.15, 0.2) is 0 Å². The number of methoxy groups -OCH3 is 3. The van der Waals surface area contributed by atoms with Crippen LogP contribution in [0.5, 0.6) is 0 Å². The summed E-state index contributed by atoms with van der Waals surface area (Å²) in [6.07, 6.45) is -2.22. The molecule has 24 heavy (non-hydrogen) atoms. The lowest BCUT2D eigenvalue weighted by Gasteiger charge is -2.45. The highest BCUT2D eigenvalue weighted by molar-refractivity contribution is 5.98. The molecular formula is C14H20O10. The summed E-state index contributed by atoms with van der Waals surface area (Å²) < 4.78 is 25.1. The summed E-state index contributed by atoms with van der Waals surface area (Å²) >= 11 is 0. The minimum atomic E-state index is -2.52. The normalized spacial score (nSPS) is 37.6. The van der Waals surface area contributed by atoms with E-state index >= 15 is 0 Å². The SMILES string of the molecule is COC(=O)C1OC2(CCO)CCC(O)(C(=O)OC)C1(C(=O)OC)O2. The summed E-state index contributed by atoms with van der Waals surface area (Å²) in [5.74, 6) is -4.94. The van der Waals surface area contributed by atoms with Crippen LogP contribution < -0.4 is 0 Å². The highest BCUT2D eigenvalue weighted by Gasteiger charge is 2.79. The Morgan fingerprint density at radius 2 is 1.71 bits per heavy atom. The van der Waals surface area contributed by atoms with Crippen LogP contribution in [0.25, 0.3) is 0 Å². The lowest BCUT2D eigenvalue weighted by atomic mass is 9.73. The average Bonchev–Trinajstić information content (AvgIpc) is 2.90. The molecule has 2 aliphatic heterocycles. The summed E-state index contributed by atoms with van der Waals surface area (Å²) in [6.45, 7) is -0.373. The van der Waals surface area contributed by atoms with Crippen molar-refractivity contribution < 1.29 is 48.3 Å². The Kier molecular flexibility index (Phi) is 4.86. The smallest absolute Gasteiger partial charge is 0.345 e. The average molecular weight is 348 g/mol. The van der Waals surface area contributed by atoms with Crippen molar-refractivity contribution in [2.24, 2.45) is 0 Å². The molecule has 2 heterocycles. The van der Waals surface area contributed by atoms with Gasteiger partial charge in [0.2, 0.25) is 17.3 Å². The van der Waals surface area contributed by atoms with E-state index in [4.69, 9.17) is 9.47 Å². The van der Waals surface area contributed by atoms with E-state index < -0.39 is 41.0 Å². The second kappa shape index (κ2) is 6.28. The van der Waals surface area contributed by atoms with Gasteiger partial charge in [-0.2, -0.15) is 0 Å². The molecule has 0 aromatic heterocycles. The fourth-order valence-corrected chi connectivity index (χ4v) is 3.26.